The third kappa shape index (κ3) is 3.21. The number of aromatic nitrogens is 5. The second-order valence-corrected chi connectivity index (χ2v) is 5.96. The summed E-state index contributed by atoms with van der Waals surface area (Å²) in [6, 6.07) is 8.55. The summed E-state index contributed by atoms with van der Waals surface area (Å²) in [5, 5.41) is 4.21. The van der Waals surface area contributed by atoms with Crippen molar-refractivity contribution in [2.45, 2.75) is 5.92 Å². The Morgan fingerprint density at radius 1 is 1.19 bits per heavy atom. The fourth-order valence-corrected chi connectivity index (χ4v) is 2.66. The number of hydrogen-bond donors (Lipinski definition) is 0. The van der Waals surface area contributed by atoms with Gasteiger partial charge in [-0.2, -0.15) is 0 Å². The van der Waals surface area contributed by atoms with Crippen LogP contribution in [0.4, 0.5) is 8.78 Å². The molecule has 1 aliphatic rings. The number of carbonyl (C=O) groups is 1. The number of nitrogens with zero attached hydrogens (tertiary/aromatic N) is 6. The van der Waals surface area contributed by atoms with Crippen LogP contribution >= 0.6 is 0 Å². The Balaban J connectivity index is 1.74. The molecule has 1 fully saturated rings. The van der Waals surface area contributed by atoms with Gasteiger partial charge >= 0.3 is 0 Å². The first kappa shape index (κ1) is 17.0. The van der Waals surface area contributed by atoms with Crippen molar-refractivity contribution in [3.05, 3.63) is 48.5 Å². The molecule has 0 atom stereocenters. The van der Waals surface area contributed by atoms with Crippen LogP contribution in [0, 0.1) is 0 Å². The number of ether oxygens (including phenoxy) is 1. The lowest BCUT2D eigenvalue weighted by atomic mass is 10.1. The van der Waals surface area contributed by atoms with Crippen molar-refractivity contribution in [1.29, 1.82) is 0 Å². The van der Waals surface area contributed by atoms with Crippen LogP contribution in [0.3, 0.4) is 0 Å². The van der Waals surface area contributed by atoms with E-state index in [9.17, 15) is 13.6 Å². The zero-order chi connectivity index (χ0) is 19.0. The van der Waals surface area contributed by atoms with E-state index in [1.54, 1.807) is 36.5 Å². The number of halogens is 2. The summed E-state index contributed by atoms with van der Waals surface area (Å²) in [5.41, 5.74) is 1.01. The summed E-state index contributed by atoms with van der Waals surface area (Å²) in [4.78, 5) is 26.0. The van der Waals surface area contributed by atoms with Crippen molar-refractivity contribution in [2.24, 2.45) is 0 Å². The molecular formula is C17H14F2N6O2. The highest BCUT2D eigenvalue weighted by atomic mass is 19.3. The van der Waals surface area contributed by atoms with Crippen LogP contribution in [0.5, 0.6) is 5.88 Å². The van der Waals surface area contributed by atoms with Gasteiger partial charge in [-0.1, -0.05) is 6.07 Å². The molecule has 0 N–H and O–H groups in total. The van der Waals surface area contributed by atoms with E-state index in [1.807, 2.05) is 0 Å². The Morgan fingerprint density at radius 2 is 2.00 bits per heavy atom. The number of carbonyl (C=O) groups excluding carboxylic acids is 1. The van der Waals surface area contributed by atoms with E-state index < -0.39 is 24.9 Å². The van der Waals surface area contributed by atoms with Gasteiger partial charge in [0.15, 0.2) is 5.82 Å². The summed E-state index contributed by atoms with van der Waals surface area (Å²) in [6.07, 6.45) is 3.09. The largest absolute Gasteiger partial charge is 0.481 e. The second kappa shape index (κ2) is 6.38. The standard InChI is InChI=1S/C17H14F2N6O2/c1-27-13-6-5-11(8-21-13)25-15(12-4-2-3-7-20-12)22-14(23-25)16(26)24-9-17(18,19)10-24/h2-8H,9-10H2,1H3. The van der Waals surface area contributed by atoms with E-state index in [2.05, 4.69) is 20.1 Å². The van der Waals surface area contributed by atoms with E-state index in [0.717, 1.165) is 4.90 Å². The van der Waals surface area contributed by atoms with Gasteiger partial charge in [-0.15, -0.1) is 5.10 Å². The molecular weight excluding hydrogens is 358 g/mol. The number of likely N-dealkylation sites (tertiary alicyclic amines) is 1. The number of pyridine rings is 2. The lowest BCUT2D eigenvalue weighted by molar-refractivity contribution is -0.113. The average molecular weight is 372 g/mol. The molecule has 4 rings (SSSR count). The van der Waals surface area contributed by atoms with Crippen LogP contribution in [0.1, 0.15) is 10.6 Å². The Bertz CT molecular complexity index is 967. The summed E-state index contributed by atoms with van der Waals surface area (Å²) in [5.74, 6) is -2.97. The van der Waals surface area contributed by atoms with Gasteiger partial charge in [0, 0.05) is 12.3 Å². The minimum absolute atomic E-state index is 0.179. The highest BCUT2D eigenvalue weighted by molar-refractivity contribution is 5.91. The van der Waals surface area contributed by atoms with Crippen LogP contribution in [0.2, 0.25) is 0 Å². The first-order chi connectivity index (χ1) is 13.0. The lowest BCUT2D eigenvalue weighted by Crippen LogP contribution is -2.58. The van der Waals surface area contributed by atoms with E-state index in [-0.39, 0.29) is 5.82 Å². The van der Waals surface area contributed by atoms with Crippen LogP contribution < -0.4 is 4.74 Å². The van der Waals surface area contributed by atoms with Gasteiger partial charge in [0.2, 0.25) is 11.7 Å². The molecule has 0 spiro atoms. The van der Waals surface area contributed by atoms with Gasteiger partial charge in [0.05, 0.1) is 32.1 Å². The number of alkyl halides is 2. The molecule has 0 aromatic carbocycles. The fourth-order valence-electron chi connectivity index (χ4n) is 2.66. The van der Waals surface area contributed by atoms with Crippen molar-refractivity contribution < 1.29 is 18.3 Å². The molecule has 1 saturated heterocycles. The van der Waals surface area contributed by atoms with Gasteiger partial charge in [0.1, 0.15) is 5.69 Å². The number of amides is 1. The maximum Gasteiger partial charge on any atom is 0.293 e. The molecule has 8 nitrogen and oxygen atoms in total. The summed E-state index contributed by atoms with van der Waals surface area (Å²) < 4.78 is 32.6. The predicted octanol–water partition coefficient (Wildman–Crippen LogP) is 1.82. The number of rotatable bonds is 4. The molecule has 1 amide bonds. The molecule has 10 heteroatoms. The van der Waals surface area contributed by atoms with Crippen LogP contribution in [0.25, 0.3) is 17.2 Å². The smallest absolute Gasteiger partial charge is 0.293 e. The fraction of sp³-hybridized carbons (Fsp3) is 0.235. The van der Waals surface area contributed by atoms with Crippen molar-refractivity contribution in [1.82, 2.24) is 29.6 Å². The van der Waals surface area contributed by atoms with Crippen molar-refractivity contribution >= 4 is 5.91 Å². The normalized spacial score (nSPS) is 15.3. The topological polar surface area (TPSA) is 86.0 Å². The molecule has 3 aromatic heterocycles. The van der Waals surface area contributed by atoms with Gasteiger partial charge in [-0.3, -0.25) is 9.78 Å². The molecule has 0 radical (unpaired) electrons. The van der Waals surface area contributed by atoms with E-state index in [4.69, 9.17) is 4.74 Å². The third-order valence-corrected chi connectivity index (χ3v) is 4.00. The van der Waals surface area contributed by atoms with Crippen molar-refractivity contribution in [3.63, 3.8) is 0 Å². The predicted molar refractivity (Wildman–Crippen MR) is 89.8 cm³/mol. The first-order valence-corrected chi connectivity index (χ1v) is 8.03. The summed E-state index contributed by atoms with van der Waals surface area (Å²) in [6.45, 7) is -1.27. The minimum Gasteiger partial charge on any atom is -0.481 e. The van der Waals surface area contributed by atoms with Gasteiger partial charge in [-0.05, 0) is 18.2 Å². The van der Waals surface area contributed by atoms with Gasteiger partial charge < -0.3 is 9.64 Å². The zero-order valence-corrected chi connectivity index (χ0v) is 14.2. The Kier molecular flexibility index (Phi) is 4.02. The third-order valence-electron chi connectivity index (χ3n) is 4.00. The molecule has 0 bridgehead atoms. The van der Waals surface area contributed by atoms with Gasteiger partial charge in [0.25, 0.3) is 11.8 Å². The molecule has 0 unspecified atom stereocenters. The van der Waals surface area contributed by atoms with Crippen LogP contribution in [0.15, 0.2) is 42.7 Å². The number of hydrogen-bond acceptors (Lipinski definition) is 6. The molecule has 4 heterocycles. The van der Waals surface area contributed by atoms with Gasteiger partial charge in [-0.25, -0.2) is 23.4 Å². The molecule has 0 aliphatic carbocycles. The van der Waals surface area contributed by atoms with Crippen molar-refractivity contribution in [3.8, 4) is 23.1 Å². The molecule has 138 valence electrons. The molecule has 27 heavy (non-hydrogen) atoms. The molecule has 1 aliphatic heterocycles. The molecule has 3 aromatic rings. The Morgan fingerprint density at radius 3 is 2.59 bits per heavy atom. The average Bonchev–Trinajstić information content (AvgIpc) is 3.11. The van der Waals surface area contributed by atoms with Crippen molar-refractivity contribution in [2.75, 3.05) is 20.2 Å². The highest BCUT2D eigenvalue weighted by Crippen LogP contribution is 2.28. The summed E-state index contributed by atoms with van der Waals surface area (Å²) >= 11 is 0. The quantitative estimate of drug-likeness (QED) is 0.695. The minimum atomic E-state index is -2.86. The Hall–Kier alpha value is -3.43. The highest BCUT2D eigenvalue weighted by Gasteiger charge is 2.47. The van der Waals surface area contributed by atoms with E-state index >= 15 is 0 Å². The van der Waals surface area contributed by atoms with E-state index in [1.165, 1.54) is 18.0 Å². The molecule has 0 saturated carbocycles. The lowest BCUT2D eigenvalue weighted by Gasteiger charge is -2.37. The second-order valence-electron chi connectivity index (χ2n) is 5.96. The zero-order valence-electron chi connectivity index (χ0n) is 14.2. The first-order valence-electron chi connectivity index (χ1n) is 8.03. The van der Waals surface area contributed by atoms with Crippen LogP contribution in [-0.4, -0.2) is 61.7 Å². The SMILES string of the molecule is COc1ccc(-n2nc(C(=O)N3CC(F)(F)C3)nc2-c2ccccn2)cn1. The van der Waals surface area contributed by atoms with E-state index in [0.29, 0.717) is 23.1 Å². The Labute approximate surface area is 152 Å². The monoisotopic (exact) mass is 372 g/mol. The maximum atomic E-state index is 13.1. The van der Waals surface area contributed by atoms with Crippen LogP contribution in [-0.2, 0) is 0 Å². The number of methoxy groups -OCH3 is 1. The summed E-state index contributed by atoms with van der Waals surface area (Å²) in [7, 11) is 1.50. The maximum absolute atomic E-state index is 13.1.